The SMILES string of the molecule is CCCOc1ccc(-c2cnc(OC)nc2)cc1C(=O)N[C@H](CO)Cc1c[nH]c2ccccc12.[HH]. The maximum atomic E-state index is 13.3. The average Bonchev–Trinajstić information content (AvgIpc) is 3.29. The number of aliphatic hydroxyl groups is 1. The van der Waals surface area contributed by atoms with Gasteiger partial charge in [-0.3, -0.25) is 4.79 Å². The van der Waals surface area contributed by atoms with Crippen LogP contribution in [0.5, 0.6) is 11.8 Å². The number of nitrogens with zero attached hydrogens (tertiary/aromatic N) is 2. The minimum atomic E-state index is -0.460. The van der Waals surface area contributed by atoms with Gasteiger partial charge in [0, 0.05) is 36.5 Å². The van der Waals surface area contributed by atoms with Crippen LogP contribution < -0.4 is 14.8 Å². The predicted octanol–water partition coefficient (Wildman–Crippen LogP) is 4.00. The standard InChI is InChI=1S/C26H28N4O4.H2/c1-3-10-34-24-9-8-17(19-14-28-26(33-2)29-15-19)12-22(24)25(32)30-20(16-31)11-18-13-27-23-7-5-4-6-21(18)23;/h4-9,12-15,20,27,31H,3,10-11,16H2,1-2H3,(H,30,32);1H/t20-;/m0./s1. The molecule has 0 fully saturated rings. The quantitative estimate of drug-likeness (QED) is 0.329. The fraction of sp³-hybridized carbons (Fsp3) is 0.269. The van der Waals surface area contributed by atoms with E-state index in [1.165, 1.54) is 7.11 Å². The van der Waals surface area contributed by atoms with Gasteiger partial charge in [-0.25, -0.2) is 9.97 Å². The van der Waals surface area contributed by atoms with E-state index >= 15 is 0 Å². The molecule has 34 heavy (non-hydrogen) atoms. The molecule has 0 radical (unpaired) electrons. The molecule has 0 saturated carbocycles. The van der Waals surface area contributed by atoms with Crippen molar-refractivity contribution in [1.82, 2.24) is 20.3 Å². The number of rotatable bonds is 10. The Morgan fingerprint density at radius 3 is 2.71 bits per heavy atom. The molecule has 0 bridgehead atoms. The van der Waals surface area contributed by atoms with Crippen LogP contribution in [0, 0.1) is 0 Å². The summed E-state index contributed by atoms with van der Waals surface area (Å²) < 4.78 is 10.9. The molecule has 0 aliphatic rings. The highest BCUT2D eigenvalue weighted by molar-refractivity contribution is 5.98. The number of aliphatic hydroxyl groups excluding tert-OH is 1. The number of H-pyrrole nitrogens is 1. The van der Waals surface area contributed by atoms with E-state index < -0.39 is 6.04 Å². The van der Waals surface area contributed by atoms with Crippen molar-refractivity contribution in [3.05, 3.63) is 72.2 Å². The van der Waals surface area contributed by atoms with Crippen LogP contribution in [0.25, 0.3) is 22.0 Å². The Hall–Kier alpha value is -3.91. The number of hydrogen-bond acceptors (Lipinski definition) is 6. The fourth-order valence-corrected chi connectivity index (χ4v) is 3.79. The van der Waals surface area contributed by atoms with Crippen LogP contribution in [0.1, 0.15) is 30.7 Å². The lowest BCUT2D eigenvalue weighted by molar-refractivity contribution is 0.0912. The van der Waals surface area contributed by atoms with E-state index in [9.17, 15) is 9.90 Å². The summed E-state index contributed by atoms with van der Waals surface area (Å²) in [5, 5.41) is 14.0. The van der Waals surface area contributed by atoms with Crippen molar-refractivity contribution >= 4 is 16.8 Å². The average molecular weight is 463 g/mol. The third kappa shape index (κ3) is 5.18. The van der Waals surface area contributed by atoms with Gasteiger partial charge >= 0.3 is 6.01 Å². The maximum Gasteiger partial charge on any atom is 0.316 e. The van der Waals surface area contributed by atoms with Crippen LogP contribution in [-0.4, -0.2) is 52.3 Å². The number of aromatic amines is 1. The van der Waals surface area contributed by atoms with E-state index in [1.54, 1.807) is 24.5 Å². The second kappa shape index (κ2) is 10.8. The van der Waals surface area contributed by atoms with Gasteiger partial charge in [-0.1, -0.05) is 31.2 Å². The van der Waals surface area contributed by atoms with Crippen LogP contribution in [-0.2, 0) is 6.42 Å². The van der Waals surface area contributed by atoms with Crippen molar-refractivity contribution < 1.29 is 20.8 Å². The first kappa shape index (κ1) is 23.3. The molecule has 2 aromatic heterocycles. The highest BCUT2D eigenvalue weighted by Gasteiger charge is 2.20. The van der Waals surface area contributed by atoms with E-state index in [2.05, 4.69) is 20.3 Å². The van der Waals surface area contributed by atoms with Gasteiger partial charge in [-0.2, -0.15) is 0 Å². The summed E-state index contributed by atoms with van der Waals surface area (Å²) >= 11 is 0. The first-order valence-electron chi connectivity index (χ1n) is 11.2. The highest BCUT2D eigenvalue weighted by Crippen LogP contribution is 2.27. The zero-order valence-electron chi connectivity index (χ0n) is 19.2. The third-order valence-electron chi connectivity index (χ3n) is 5.53. The minimum absolute atomic E-state index is 0. The largest absolute Gasteiger partial charge is 0.493 e. The Morgan fingerprint density at radius 2 is 1.97 bits per heavy atom. The molecule has 0 aliphatic heterocycles. The van der Waals surface area contributed by atoms with Gasteiger partial charge in [-0.15, -0.1) is 0 Å². The molecule has 8 nitrogen and oxygen atoms in total. The predicted molar refractivity (Wildman–Crippen MR) is 132 cm³/mol. The van der Waals surface area contributed by atoms with E-state index in [-0.39, 0.29) is 20.0 Å². The summed E-state index contributed by atoms with van der Waals surface area (Å²) in [6, 6.07) is 13.2. The topological polar surface area (TPSA) is 109 Å². The number of nitrogens with one attached hydrogen (secondary N) is 2. The van der Waals surface area contributed by atoms with Crippen LogP contribution in [0.4, 0.5) is 0 Å². The molecule has 0 saturated heterocycles. The van der Waals surface area contributed by atoms with E-state index in [0.29, 0.717) is 24.3 Å². The summed E-state index contributed by atoms with van der Waals surface area (Å²) in [5.74, 6) is 0.169. The second-order valence-corrected chi connectivity index (χ2v) is 7.93. The number of amides is 1. The molecule has 4 aromatic rings. The van der Waals surface area contributed by atoms with Crippen molar-refractivity contribution in [2.75, 3.05) is 20.3 Å². The van der Waals surface area contributed by atoms with Gasteiger partial charge in [0.05, 0.1) is 31.9 Å². The Balaban J connectivity index is 0.00000342. The summed E-state index contributed by atoms with van der Waals surface area (Å²) in [6.45, 7) is 2.30. The van der Waals surface area contributed by atoms with Gasteiger partial charge in [0.15, 0.2) is 0 Å². The number of para-hydroxylation sites is 1. The van der Waals surface area contributed by atoms with Crippen molar-refractivity contribution in [3.63, 3.8) is 0 Å². The van der Waals surface area contributed by atoms with Crippen LogP contribution in [0.15, 0.2) is 61.1 Å². The number of carbonyl (C=O) groups excluding carboxylic acids is 1. The Morgan fingerprint density at radius 1 is 1.18 bits per heavy atom. The van der Waals surface area contributed by atoms with Crippen LogP contribution in [0.3, 0.4) is 0 Å². The van der Waals surface area contributed by atoms with Crippen molar-refractivity contribution in [3.8, 4) is 22.9 Å². The summed E-state index contributed by atoms with van der Waals surface area (Å²) in [4.78, 5) is 24.8. The third-order valence-corrected chi connectivity index (χ3v) is 5.53. The minimum Gasteiger partial charge on any atom is -0.493 e. The Kier molecular flexibility index (Phi) is 7.39. The molecule has 178 valence electrons. The van der Waals surface area contributed by atoms with Gasteiger partial charge in [0.25, 0.3) is 5.91 Å². The monoisotopic (exact) mass is 462 g/mol. The molecule has 4 rings (SSSR count). The molecule has 2 heterocycles. The Labute approximate surface area is 199 Å². The number of carbonyl (C=O) groups is 1. The summed E-state index contributed by atoms with van der Waals surface area (Å²) in [6.07, 6.45) is 6.50. The van der Waals surface area contributed by atoms with Gasteiger partial charge < -0.3 is 24.9 Å². The molecule has 3 N–H and O–H groups in total. The molecule has 0 unspecified atom stereocenters. The fourth-order valence-electron chi connectivity index (χ4n) is 3.79. The van der Waals surface area contributed by atoms with E-state index in [0.717, 1.165) is 34.0 Å². The first-order valence-corrected chi connectivity index (χ1v) is 11.2. The van der Waals surface area contributed by atoms with Gasteiger partial charge in [0.1, 0.15) is 5.75 Å². The van der Waals surface area contributed by atoms with Crippen LogP contribution >= 0.6 is 0 Å². The number of methoxy groups -OCH3 is 1. The van der Waals surface area contributed by atoms with Crippen molar-refractivity contribution in [2.45, 2.75) is 25.8 Å². The van der Waals surface area contributed by atoms with Gasteiger partial charge in [-0.05, 0) is 42.2 Å². The van der Waals surface area contributed by atoms with Gasteiger partial charge in [0.2, 0.25) is 0 Å². The smallest absolute Gasteiger partial charge is 0.316 e. The lowest BCUT2D eigenvalue weighted by Gasteiger charge is -2.18. The first-order chi connectivity index (χ1) is 16.6. The Bertz CT molecular complexity index is 1260. The number of benzene rings is 2. The van der Waals surface area contributed by atoms with Crippen molar-refractivity contribution in [1.29, 1.82) is 0 Å². The number of hydrogen-bond donors (Lipinski definition) is 3. The van der Waals surface area contributed by atoms with Crippen molar-refractivity contribution in [2.24, 2.45) is 0 Å². The van der Waals surface area contributed by atoms with E-state index in [1.807, 2.05) is 43.5 Å². The number of ether oxygens (including phenoxy) is 2. The second-order valence-electron chi connectivity index (χ2n) is 7.93. The maximum absolute atomic E-state index is 13.3. The zero-order chi connectivity index (χ0) is 23.9. The molecular formula is C26H30N4O4. The van der Waals surface area contributed by atoms with Crippen LogP contribution in [0.2, 0.25) is 0 Å². The zero-order valence-corrected chi connectivity index (χ0v) is 19.2. The molecule has 0 spiro atoms. The molecule has 1 atom stereocenters. The lowest BCUT2D eigenvalue weighted by Crippen LogP contribution is -2.39. The summed E-state index contributed by atoms with van der Waals surface area (Å²) in [5.41, 5.74) is 3.95. The highest BCUT2D eigenvalue weighted by atomic mass is 16.5. The lowest BCUT2D eigenvalue weighted by atomic mass is 10.0. The molecule has 1 amide bonds. The molecule has 8 heteroatoms. The molecule has 0 aliphatic carbocycles. The normalized spacial score (nSPS) is 11.9. The van der Waals surface area contributed by atoms with E-state index in [4.69, 9.17) is 9.47 Å². The molecule has 2 aromatic carbocycles. The number of aromatic nitrogens is 3. The summed E-state index contributed by atoms with van der Waals surface area (Å²) in [7, 11) is 1.51. The molecular weight excluding hydrogens is 432 g/mol. The number of fused-ring (bicyclic) bond motifs is 1.